The van der Waals surface area contributed by atoms with Crippen LogP contribution < -0.4 is 11.1 Å². The monoisotopic (exact) mass is 256 g/mol. The molecule has 3 unspecified atom stereocenters. The Kier molecular flexibility index (Phi) is 6.09. The van der Waals surface area contributed by atoms with E-state index in [9.17, 15) is 4.79 Å². The van der Waals surface area contributed by atoms with Gasteiger partial charge in [-0.15, -0.1) is 0 Å². The number of carbonyl (C=O) groups excluding carboxylic acids is 1. The molecule has 1 amide bonds. The average molecular weight is 256 g/mol. The van der Waals surface area contributed by atoms with Gasteiger partial charge in [0.15, 0.2) is 0 Å². The fraction of sp³-hybridized carbons (Fsp3) is 0.929. The number of rotatable bonds is 8. The molecule has 0 aromatic carbocycles. The SMILES string of the molecule is CCC(C)CC(CC)(NCC1CCCO1)C(N)=O. The van der Waals surface area contributed by atoms with Crippen molar-refractivity contribution in [3.05, 3.63) is 0 Å². The van der Waals surface area contributed by atoms with E-state index in [2.05, 4.69) is 19.2 Å². The van der Waals surface area contributed by atoms with Crippen LogP contribution in [0.5, 0.6) is 0 Å². The summed E-state index contributed by atoms with van der Waals surface area (Å²) in [6, 6.07) is 0. The fourth-order valence-electron chi connectivity index (χ4n) is 2.56. The van der Waals surface area contributed by atoms with Crippen LogP contribution in [0.2, 0.25) is 0 Å². The minimum atomic E-state index is -0.568. The first-order valence-electron chi connectivity index (χ1n) is 7.20. The van der Waals surface area contributed by atoms with E-state index in [0.717, 1.165) is 45.3 Å². The predicted octanol–water partition coefficient (Wildman–Crippen LogP) is 1.83. The maximum Gasteiger partial charge on any atom is 0.237 e. The minimum absolute atomic E-state index is 0.233. The average Bonchev–Trinajstić information content (AvgIpc) is 2.87. The number of nitrogens with two attached hydrogens (primary N) is 1. The van der Waals surface area contributed by atoms with Gasteiger partial charge >= 0.3 is 0 Å². The van der Waals surface area contributed by atoms with Gasteiger partial charge in [-0.25, -0.2) is 0 Å². The molecule has 4 heteroatoms. The molecule has 0 aromatic rings. The molecule has 18 heavy (non-hydrogen) atoms. The maximum absolute atomic E-state index is 11.8. The van der Waals surface area contributed by atoms with E-state index in [1.165, 1.54) is 0 Å². The molecule has 1 saturated heterocycles. The predicted molar refractivity (Wildman–Crippen MR) is 73.3 cm³/mol. The van der Waals surface area contributed by atoms with Crippen LogP contribution in [0, 0.1) is 5.92 Å². The van der Waals surface area contributed by atoms with Crippen LogP contribution in [-0.2, 0) is 9.53 Å². The zero-order valence-electron chi connectivity index (χ0n) is 12.0. The van der Waals surface area contributed by atoms with Crippen molar-refractivity contribution >= 4 is 5.91 Å². The third-order valence-corrected chi connectivity index (χ3v) is 4.16. The molecule has 0 aliphatic carbocycles. The lowest BCUT2D eigenvalue weighted by Gasteiger charge is -2.34. The van der Waals surface area contributed by atoms with Crippen molar-refractivity contribution in [3.8, 4) is 0 Å². The van der Waals surface area contributed by atoms with Crippen LogP contribution in [-0.4, -0.2) is 30.7 Å². The molecule has 0 bridgehead atoms. The molecule has 1 rings (SSSR count). The lowest BCUT2D eigenvalue weighted by molar-refractivity contribution is -0.125. The first-order valence-corrected chi connectivity index (χ1v) is 7.20. The Morgan fingerprint density at radius 3 is 2.72 bits per heavy atom. The molecule has 0 aromatic heterocycles. The van der Waals surface area contributed by atoms with E-state index in [-0.39, 0.29) is 12.0 Å². The van der Waals surface area contributed by atoms with Crippen molar-refractivity contribution in [2.75, 3.05) is 13.2 Å². The second kappa shape index (κ2) is 7.10. The Hall–Kier alpha value is -0.610. The highest BCUT2D eigenvalue weighted by Gasteiger charge is 2.36. The van der Waals surface area contributed by atoms with Crippen LogP contribution in [0.3, 0.4) is 0 Å². The highest BCUT2D eigenvalue weighted by Crippen LogP contribution is 2.23. The van der Waals surface area contributed by atoms with Crippen LogP contribution >= 0.6 is 0 Å². The summed E-state index contributed by atoms with van der Waals surface area (Å²) in [7, 11) is 0. The second-order valence-corrected chi connectivity index (χ2v) is 5.53. The number of primary amides is 1. The second-order valence-electron chi connectivity index (χ2n) is 5.53. The van der Waals surface area contributed by atoms with Crippen molar-refractivity contribution in [3.63, 3.8) is 0 Å². The number of hydrogen-bond donors (Lipinski definition) is 2. The van der Waals surface area contributed by atoms with E-state index in [1.807, 2.05) is 6.92 Å². The smallest absolute Gasteiger partial charge is 0.237 e. The summed E-state index contributed by atoms with van der Waals surface area (Å²) in [4.78, 5) is 11.8. The third-order valence-electron chi connectivity index (χ3n) is 4.16. The molecule has 3 atom stereocenters. The zero-order chi connectivity index (χ0) is 13.6. The van der Waals surface area contributed by atoms with Gasteiger partial charge in [-0.05, 0) is 31.6 Å². The number of ether oxygens (including phenoxy) is 1. The Morgan fingerprint density at radius 1 is 1.56 bits per heavy atom. The van der Waals surface area contributed by atoms with E-state index < -0.39 is 5.54 Å². The third kappa shape index (κ3) is 3.95. The first kappa shape index (κ1) is 15.4. The van der Waals surface area contributed by atoms with E-state index in [0.29, 0.717) is 5.92 Å². The topological polar surface area (TPSA) is 64.3 Å². The van der Waals surface area contributed by atoms with Crippen molar-refractivity contribution in [2.24, 2.45) is 11.7 Å². The summed E-state index contributed by atoms with van der Waals surface area (Å²) in [6.45, 7) is 7.91. The maximum atomic E-state index is 11.8. The lowest BCUT2D eigenvalue weighted by Crippen LogP contribution is -2.57. The van der Waals surface area contributed by atoms with E-state index in [4.69, 9.17) is 10.5 Å². The van der Waals surface area contributed by atoms with E-state index in [1.54, 1.807) is 0 Å². The molecular weight excluding hydrogens is 228 g/mol. The molecule has 1 aliphatic heterocycles. The Bertz CT molecular complexity index is 265. The molecule has 3 N–H and O–H groups in total. The Labute approximate surface area is 111 Å². The highest BCUT2D eigenvalue weighted by atomic mass is 16.5. The number of amides is 1. The van der Waals surface area contributed by atoms with Gasteiger partial charge in [0.2, 0.25) is 5.91 Å². The summed E-state index contributed by atoms with van der Waals surface area (Å²) < 4.78 is 5.59. The highest BCUT2D eigenvalue weighted by molar-refractivity contribution is 5.84. The molecule has 0 radical (unpaired) electrons. The molecule has 4 nitrogen and oxygen atoms in total. The van der Waals surface area contributed by atoms with Gasteiger partial charge in [-0.1, -0.05) is 27.2 Å². The van der Waals surface area contributed by atoms with Gasteiger partial charge in [-0.3, -0.25) is 4.79 Å². The molecule has 106 valence electrons. The normalized spacial score (nSPS) is 24.7. The molecular formula is C14H28N2O2. The Balaban J connectivity index is 2.60. The van der Waals surface area contributed by atoms with Gasteiger partial charge in [0.05, 0.1) is 11.6 Å². The minimum Gasteiger partial charge on any atom is -0.377 e. The van der Waals surface area contributed by atoms with Gasteiger partial charge in [0, 0.05) is 13.2 Å². The first-order chi connectivity index (χ1) is 8.54. The molecule has 1 aliphatic rings. The van der Waals surface area contributed by atoms with Crippen LogP contribution in [0.25, 0.3) is 0 Å². The summed E-state index contributed by atoms with van der Waals surface area (Å²) in [5.74, 6) is 0.262. The molecule has 0 spiro atoms. The number of carbonyl (C=O) groups is 1. The van der Waals surface area contributed by atoms with Gasteiger partial charge in [0.1, 0.15) is 0 Å². The summed E-state index contributed by atoms with van der Waals surface area (Å²) >= 11 is 0. The van der Waals surface area contributed by atoms with E-state index >= 15 is 0 Å². The standard InChI is InChI=1S/C14H28N2O2/c1-4-11(3)9-14(5-2,13(15)17)16-10-12-7-6-8-18-12/h11-12,16H,4-10H2,1-3H3,(H2,15,17). The molecule has 0 saturated carbocycles. The van der Waals surface area contributed by atoms with Crippen LogP contribution in [0.15, 0.2) is 0 Å². The van der Waals surface area contributed by atoms with Crippen molar-refractivity contribution in [2.45, 2.75) is 64.5 Å². The van der Waals surface area contributed by atoms with Gasteiger partial charge < -0.3 is 15.8 Å². The quantitative estimate of drug-likeness (QED) is 0.696. The van der Waals surface area contributed by atoms with Crippen molar-refractivity contribution in [1.82, 2.24) is 5.32 Å². The van der Waals surface area contributed by atoms with Crippen LogP contribution in [0.1, 0.15) is 52.9 Å². The van der Waals surface area contributed by atoms with Gasteiger partial charge in [0.25, 0.3) is 0 Å². The van der Waals surface area contributed by atoms with Crippen LogP contribution in [0.4, 0.5) is 0 Å². The summed E-state index contributed by atoms with van der Waals surface area (Å²) in [6.07, 6.45) is 5.05. The lowest BCUT2D eigenvalue weighted by atomic mass is 9.83. The fourth-order valence-corrected chi connectivity index (χ4v) is 2.56. The molecule has 1 heterocycles. The largest absolute Gasteiger partial charge is 0.377 e. The summed E-state index contributed by atoms with van der Waals surface area (Å²) in [5, 5.41) is 3.39. The van der Waals surface area contributed by atoms with Gasteiger partial charge in [-0.2, -0.15) is 0 Å². The molecule has 1 fully saturated rings. The van der Waals surface area contributed by atoms with Crippen molar-refractivity contribution in [1.29, 1.82) is 0 Å². The summed E-state index contributed by atoms with van der Waals surface area (Å²) in [5.41, 5.74) is 5.06. The number of nitrogens with one attached hydrogen (secondary N) is 1. The zero-order valence-corrected chi connectivity index (χ0v) is 12.0. The van der Waals surface area contributed by atoms with Crippen molar-refractivity contribution < 1.29 is 9.53 Å². The number of hydrogen-bond acceptors (Lipinski definition) is 3. The Morgan fingerprint density at radius 2 is 2.28 bits per heavy atom.